The summed E-state index contributed by atoms with van der Waals surface area (Å²) in [4.78, 5) is 68.2. The molecule has 1 heterocycles. The molecule has 4 rings (SSSR count). The van der Waals surface area contributed by atoms with Gasteiger partial charge in [-0.15, -0.1) is 0 Å². The van der Waals surface area contributed by atoms with Gasteiger partial charge < -0.3 is 25.2 Å². The number of aromatic nitrogens is 1. The van der Waals surface area contributed by atoms with Crippen molar-refractivity contribution in [2.45, 2.75) is 58.6 Å². The maximum atomic E-state index is 12.9. The van der Waals surface area contributed by atoms with Gasteiger partial charge in [-0.05, 0) is 85.3 Å². The fourth-order valence-electron chi connectivity index (χ4n) is 5.33. The number of amides is 3. The number of carboxylic acids is 1. The Hall–Kier alpha value is -5.78. The highest BCUT2D eigenvalue weighted by molar-refractivity contribution is 6.08. The molecule has 3 amide bonds. The molecule has 12 nitrogen and oxygen atoms in total. The van der Waals surface area contributed by atoms with Crippen LogP contribution in [-0.2, 0) is 23.9 Å². The van der Waals surface area contributed by atoms with Crippen LogP contribution < -0.4 is 15.5 Å². The molecule has 0 saturated heterocycles. The Morgan fingerprint density at radius 1 is 0.920 bits per heavy atom. The van der Waals surface area contributed by atoms with Gasteiger partial charge in [0.1, 0.15) is 11.4 Å². The van der Waals surface area contributed by atoms with Gasteiger partial charge in [0.25, 0.3) is 0 Å². The number of carbonyl (C=O) groups excluding carboxylic acids is 4. The second kappa shape index (κ2) is 16.6. The van der Waals surface area contributed by atoms with Crippen LogP contribution >= 0.6 is 0 Å². The number of fused-ring (bicyclic) bond motifs is 1. The number of rotatable bonds is 13. The summed E-state index contributed by atoms with van der Waals surface area (Å²) in [5.41, 5.74) is 2.68. The number of methoxy groups -OCH3 is 1. The lowest BCUT2D eigenvalue weighted by Gasteiger charge is -2.27. The fraction of sp³-hybridized carbons (Fsp3) is 0.316. The Morgan fingerprint density at radius 3 is 2.26 bits per heavy atom. The molecule has 3 aromatic carbocycles. The lowest BCUT2D eigenvalue weighted by atomic mass is 9.93. The van der Waals surface area contributed by atoms with E-state index in [-0.39, 0.29) is 37.9 Å². The van der Waals surface area contributed by atoms with E-state index in [0.29, 0.717) is 16.8 Å². The monoisotopic (exact) mass is 682 g/mol. The van der Waals surface area contributed by atoms with E-state index < -0.39 is 41.5 Å². The number of ether oxygens (including phenoxy) is 2. The summed E-state index contributed by atoms with van der Waals surface area (Å²) >= 11 is 0. The van der Waals surface area contributed by atoms with Gasteiger partial charge in [-0.1, -0.05) is 54.6 Å². The van der Waals surface area contributed by atoms with Crippen molar-refractivity contribution in [3.63, 3.8) is 0 Å². The van der Waals surface area contributed by atoms with E-state index in [4.69, 9.17) is 9.47 Å². The predicted octanol–water partition coefficient (Wildman–Crippen LogP) is 5.97. The van der Waals surface area contributed by atoms with Crippen LogP contribution in [0.1, 0.15) is 67.6 Å². The average molecular weight is 683 g/mol. The number of carboxylic acid groups (broad SMARTS) is 1. The highest BCUT2D eigenvalue weighted by Crippen LogP contribution is 2.32. The molecule has 0 fully saturated rings. The van der Waals surface area contributed by atoms with E-state index in [0.717, 1.165) is 22.1 Å². The number of carbonyl (C=O) groups is 5. The van der Waals surface area contributed by atoms with Gasteiger partial charge in [-0.2, -0.15) is 0 Å². The summed E-state index contributed by atoms with van der Waals surface area (Å²) in [6.07, 6.45) is 1.20. The maximum absolute atomic E-state index is 12.9. The lowest BCUT2D eigenvalue weighted by Crippen LogP contribution is -2.40. The van der Waals surface area contributed by atoms with Gasteiger partial charge in [0, 0.05) is 19.2 Å². The highest BCUT2D eigenvalue weighted by Gasteiger charge is 2.25. The third-order valence-corrected chi connectivity index (χ3v) is 7.74. The normalized spacial score (nSPS) is 11.7. The summed E-state index contributed by atoms with van der Waals surface area (Å²) in [6.45, 7) is 7.02. The molecule has 0 aliphatic carbocycles. The quantitative estimate of drug-likeness (QED) is 0.144. The van der Waals surface area contributed by atoms with Crippen LogP contribution in [0.15, 0.2) is 79.0 Å². The second-order valence-electron chi connectivity index (χ2n) is 12.7. The number of benzene rings is 3. The van der Waals surface area contributed by atoms with Crippen molar-refractivity contribution in [1.29, 1.82) is 0 Å². The van der Waals surface area contributed by atoms with E-state index >= 15 is 0 Å². The number of anilines is 1. The van der Waals surface area contributed by atoms with Crippen molar-refractivity contribution >= 4 is 46.4 Å². The topological polar surface area (TPSA) is 164 Å². The predicted molar refractivity (Wildman–Crippen MR) is 189 cm³/mol. The van der Waals surface area contributed by atoms with E-state index in [9.17, 15) is 29.1 Å². The Bertz CT molecular complexity index is 1870. The maximum Gasteiger partial charge on any atom is 0.416 e. The number of aryl methyl sites for hydroxylation is 1. The largest absolute Gasteiger partial charge is 0.478 e. The standard InChI is InChI=1S/C38H42N4O8/c1-24-18-19-39-32(21-24)42(37(48)50-38(2,3)4)20-8-11-33(43)40-23-34(44)41-31(22-35(45)49-5)26-14-12-25(13-15-26)27-16-17-30(36(46)47)29-10-7-6-9-28(27)29/h6-7,9-10,12-19,21,31H,8,11,20,22-23H2,1-5H3,(H,40,43)(H,41,44)(H,46,47). The first-order chi connectivity index (χ1) is 23.8. The molecule has 0 radical (unpaired) electrons. The van der Waals surface area contributed by atoms with Crippen LogP contribution in [0.25, 0.3) is 21.9 Å². The van der Waals surface area contributed by atoms with Crippen LogP contribution in [-0.4, -0.2) is 65.7 Å². The summed E-state index contributed by atoms with van der Waals surface area (Å²) in [6, 6.07) is 20.6. The van der Waals surface area contributed by atoms with Gasteiger partial charge in [0.05, 0.1) is 31.7 Å². The first-order valence-corrected chi connectivity index (χ1v) is 16.2. The zero-order valence-corrected chi connectivity index (χ0v) is 28.8. The molecular formula is C38H42N4O8. The van der Waals surface area contributed by atoms with Crippen LogP contribution in [0.2, 0.25) is 0 Å². The van der Waals surface area contributed by atoms with Crippen molar-refractivity contribution in [3.05, 3.63) is 95.7 Å². The van der Waals surface area contributed by atoms with Crippen molar-refractivity contribution in [3.8, 4) is 11.1 Å². The molecule has 262 valence electrons. The molecule has 0 spiro atoms. The Balaban J connectivity index is 1.38. The average Bonchev–Trinajstić information content (AvgIpc) is 3.07. The molecule has 12 heteroatoms. The molecule has 0 aliphatic rings. The van der Waals surface area contributed by atoms with Gasteiger partial charge in [0.15, 0.2) is 0 Å². The fourth-order valence-corrected chi connectivity index (χ4v) is 5.33. The minimum absolute atomic E-state index is 0.0353. The molecule has 1 unspecified atom stereocenters. The first-order valence-electron chi connectivity index (χ1n) is 16.2. The van der Waals surface area contributed by atoms with E-state index in [1.807, 2.05) is 37.3 Å². The van der Waals surface area contributed by atoms with Crippen LogP contribution in [0.3, 0.4) is 0 Å². The molecule has 3 N–H and O–H groups in total. The number of nitrogens with zero attached hydrogens (tertiary/aromatic N) is 2. The summed E-state index contributed by atoms with van der Waals surface area (Å²) in [5, 5.41) is 16.4. The molecule has 0 aliphatic heterocycles. The van der Waals surface area contributed by atoms with Crippen molar-refractivity contribution in [1.82, 2.24) is 15.6 Å². The summed E-state index contributed by atoms with van der Waals surface area (Å²) in [5.74, 6) is -2.03. The Kier molecular flexibility index (Phi) is 12.3. The van der Waals surface area contributed by atoms with Crippen LogP contribution in [0, 0.1) is 6.92 Å². The second-order valence-corrected chi connectivity index (χ2v) is 12.7. The minimum Gasteiger partial charge on any atom is -0.478 e. The molecule has 50 heavy (non-hydrogen) atoms. The third kappa shape index (κ3) is 10.1. The van der Waals surface area contributed by atoms with Gasteiger partial charge in [-0.3, -0.25) is 19.3 Å². The summed E-state index contributed by atoms with van der Waals surface area (Å²) in [7, 11) is 1.26. The zero-order chi connectivity index (χ0) is 36.4. The van der Waals surface area contributed by atoms with E-state index in [1.54, 1.807) is 69.4 Å². The number of esters is 1. The van der Waals surface area contributed by atoms with Crippen LogP contribution in [0.4, 0.5) is 10.6 Å². The van der Waals surface area contributed by atoms with Crippen molar-refractivity contribution in [2.24, 2.45) is 0 Å². The molecule has 4 aromatic rings. The number of hydrogen-bond donors (Lipinski definition) is 3. The summed E-state index contributed by atoms with van der Waals surface area (Å²) < 4.78 is 10.4. The molecule has 0 saturated carbocycles. The minimum atomic E-state index is -1.01. The van der Waals surface area contributed by atoms with Crippen LogP contribution in [0.5, 0.6) is 0 Å². The lowest BCUT2D eigenvalue weighted by molar-refractivity contribution is -0.141. The van der Waals surface area contributed by atoms with Crippen molar-refractivity contribution in [2.75, 3.05) is 25.1 Å². The van der Waals surface area contributed by atoms with Gasteiger partial charge in [-0.25, -0.2) is 14.6 Å². The van der Waals surface area contributed by atoms with E-state index in [2.05, 4.69) is 15.6 Å². The first kappa shape index (κ1) is 37.0. The Morgan fingerprint density at radius 2 is 1.62 bits per heavy atom. The van der Waals surface area contributed by atoms with Gasteiger partial charge >= 0.3 is 18.0 Å². The van der Waals surface area contributed by atoms with Crippen molar-refractivity contribution < 1.29 is 38.6 Å². The Labute approximate surface area is 290 Å². The third-order valence-electron chi connectivity index (χ3n) is 7.74. The number of nitrogens with one attached hydrogen (secondary N) is 2. The number of pyridine rings is 1. The molecule has 1 aromatic heterocycles. The smallest absolute Gasteiger partial charge is 0.416 e. The highest BCUT2D eigenvalue weighted by atomic mass is 16.6. The zero-order valence-electron chi connectivity index (χ0n) is 28.8. The molecule has 0 bridgehead atoms. The number of aromatic carboxylic acids is 1. The number of hydrogen-bond acceptors (Lipinski definition) is 8. The SMILES string of the molecule is COC(=O)CC(NC(=O)CNC(=O)CCCN(C(=O)OC(C)(C)C)c1cc(C)ccn1)c1ccc(-c2ccc(C(=O)O)c3ccccc23)cc1. The van der Waals surface area contributed by atoms with E-state index in [1.165, 1.54) is 12.0 Å². The molecular weight excluding hydrogens is 640 g/mol. The molecule has 1 atom stereocenters. The van der Waals surface area contributed by atoms with Gasteiger partial charge in [0.2, 0.25) is 11.8 Å².